The predicted molar refractivity (Wildman–Crippen MR) is 248 cm³/mol. The third kappa shape index (κ3) is 4.88. The molecule has 0 radical (unpaired) electrons. The van der Waals surface area contributed by atoms with Crippen molar-refractivity contribution in [3.63, 3.8) is 0 Å². The fourth-order valence-electron chi connectivity index (χ4n) is 10.7. The Bertz CT molecular complexity index is 3240. The van der Waals surface area contributed by atoms with E-state index in [-0.39, 0.29) is 5.41 Å². The smallest absolute Gasteiger partial charge is 0.161 e. The van der Waals surface area contributed by atoms with Crippen LogP contribution in [-0.2, 0) is 10.8 Å². The number of fused-ring (bicyclic) bond motifs is 12. The van der Waals surface area contributed by atoms with Crippen LogP contribution in [0.5, 0.6) is 0 Å². The zero-order valence-corrected chi connectivity index (χ0v) is 33.5. The van der Waals surface area contributed by atoms with Crippen LogP contribution in [0.4, 0.5) is 0 Å². The molecule has 0 N–H and O–H groups in total. The standard InChI is InChI=1S/C58H40N2/c1-57(2)48-27-13-15-29-50(48)58(51-30-16-14-28-49(51)57)47-33-32-40(45-34-39-22-9-10-23-41(39)42-24-11-12-25-43(42)45)35-46(47)55-44(26-17-31-52(55)58)56-59-53(37-18-5-3-6-19-37)36-54(60-56)38-20-7-4-8-21-38/h3-36H,1-2H3. The normalized spacial score (nSPS) is 14.1. The summed E-state index contributed by atoms with van der Waals surface area (Å²) in [5.41, 5.74) is 16.9. The van der Waals surface area contributed by atoms with E-state index < -0.39 is 5.41 Å². The summed E-state index contributed by atoms with van der Waals surface area (Å²) in [5, 5.41) is 5.02. The zero-order chi connectivity index (χ0) is 40.0. The van der Waals surface area contributed by atoms with Gasteiger partial charge in [-0.25, -0.2) is 9.97 Å². The lowest BCUT2D eigenvalue weighted by molar-refractivity contribution is 0.563. The number of nitrogens with zero attached hydrogens (tertiary/aromatic N) is 2. The van der Waals surface area contributed by atoms with Crippen LogP contribution in [0.25, 0.3) is 77.7 Å². The fourth-order valence-corrected chi connectivity index (χ4v) is 10.7. The molecule has 0 unspecified atom stereocenters. The van der Waals surface area contributed by atoms with Gasteiger partial charge in [-0.05, 0) is 95.4 Å². The van der Waals surface area contributed by atoms with Crippen molar-refractivity contribution in [2.75, 3.05) is 0 Å². The van der Waals surface area contributed by atoms with Gasteiger partial charge in [-0.1, -0.05) is 202 Å². The monoisotopic (exact) mass is 764 g/mol. The van der Waals surface area contributed by atoms with E-state index >= 15 is 0 Å². The highest BCUT2D eigenvalue weighted by molar-refractivity contribution is 6.14. The predicted octanol–water partition coefficient (Wildman–Crippen LogP) is 14.5. The van der Waals surface area contributed by atoms with E-state index in [1.807, 2.05) is 0 Å². The summed E-state index contributed by atoms with van der Waals surface area (Å²) in [6.07, 6.45) is 0. The molecule has 60 heavy (non-hydrogen) atoms. The van der Waals surface area contributed by atoms with Gasteiger partial charge < -0.3 is 0 Å². The van der Waals surface area contributed by atoms with Crippen LogP contribution < -0.4 is 0 Å². The molecule has 0 atom stereocenters. The molecule has 1 spiro atoms. The van der Waals surface area contributed by atoms with Gasteiger partial charge in [0.25, 0.3) is 0 Å². The number of rotatable bonds is 4. The minimum absolute atomic E-state index is 0.194. The van der Waals surface area contributed by atoms with Crippen LogP contribution in [-0.4, -0.2) is 9.97 Å². The highest BCUT2D eigenvalue weighted by atomic mass is 14.9. The van der Waals surface area contributed by atoms with Crippen LogP contribution in [0.2, 0.25) is 0 Å². The Morgan fingerprint density at radius 3 is 1.52 bits per heavy atom. The van der Waals surface area contributed by atoms with Crippen LogP contribution in [0.3, 0.4) is 0 Å². The van der Waals surface area contributed by atoms with Gasteiger partial charge >= 0.3 is 0 Å². The lowest BCUT2D eigenvalue weighted by Crippen LogP contribution is -2.40. The van der Waals surface area contributed by atoms with Crippen molar-refractivity contribution in [2.24, 2.45) is 0 Å². The maximum Gasteiger partial charge on any atom is 0.161 e. The first-order valence-corrected chi connectivity index (χ1v) is 20.9. The zero-order valence-electron chi connectivity index (χ0n) is 33.5. The molecule has 10 aromatic rings. The average Bonchev–Trinajstić information content (AvgIpc) is 3.61. The molecule has 0 saturated heterocycles. The second-order valence-electron chi connectivity index (χ2n) is 16.8. The fraction of sp³-hybridized carbons (Fsp3) is 0.0690. The van der Waals surface area contributed by atoms with Gasteiger partial charge in [0.1, 0.15) is 0 Å². The van der Waals surface area contributed by atoms with Crippen molar-refractivity contribution in [3.8, 4) is 56.2 Å². The first kappa shape index (κ1) is 34.6. The topological polar surface area (TPSA) is 25.8 Å². The highest BCUT2D eigenvalue weighted by Crippen LogP contribution is 2.63. The molecule has 2 aliphatic rings. The SMILES string of the molecule is CC1(C)c2ccccc2C2(c3ccc(-c4cc5ccccc5c5ccccc45)cc3-c3c(-c4nc(-c5ccccc5)cc(-c5ccccc5)n4)cccc32)c2ccccc21. The molecule has 0 amide bonds. The molecule has 282 valence electrons. The molecule has 0 aliphatic heterocycles. The Morgan fingerprint density at radius 2 is 0.867 bits per heavy atom. The van der Waals surface area contributed by atoms with Crippen molar-refractivity contribution in [2.45, 2.75) is 24.7 Å². The molecule has 2 aliphatic carbocycles. The Labute approximate surface area is 350 Å². The highest BCUT2D eigenvalue weighted by Gasteiger charge is 2.53. The van der Waals surface area contributed by atoms with Crippen molar-refractivity contribution in [1.29, 1.82) is 0 Å². The summed E-state index contributed by atoms with van der Waals surface area (Å²) in [5.74, 6) is 0.717. The third-order valence-electron chi connectivity index (χ3n) is 13.4. The van der Waals surface area contributed by atoms with Gasteiger partial charge in [-0.3, -0.25) is 0 Å². The van der Waals surface area contributed by atoms with E-state index in [9.17, 15) is 0 Å². The van der Waals surface area contributed by atoms with Crippen molar-refractivity contribution in [3.05, 3.63) is 240 Å². The van der Waals surface area contributed by atoms with Gasteiger partial charge in [-0.2, -0.15) is 0 Å². The second kappa shape index (κ2) is 13.0. The minimum Gasteiger partial charge on any atom is -0.228 e. The van der Waals surface area contributed by atoms with E-state index in [2.05, 4.69) is 220 Å². The maximum absolute atomic E-state index is 5.44. The van der Waals surface area contributed by atoms with Crippen molar-refractivity contribution >= 4 is 21.5 Å². The third-order valence-corrected chi connectivity index (χ3v) is 13.4. The molecule has 2 nitrogen and oxygen atoms in total. The first-order valence-electron chi connectivity index (χ1n) is 20.9. The number of hydrogen-bond donors (Lipinski definition) is 0. The molecule has 0 saturated carbocycles. The maximum atomic E-state index is 5.44. The molecule has 2 heteroatoms. The number of benzene rings is 9. The number of aromatic nitrogens is 2. The summed E-state index contributed by atoms with van der Waals surface area (Å²) < 4.78 is 0. The van der Waals surface area contributed by atoms with E-state index in [1.54, 1.807) is 0 Å². The van der Waals surface area contributed by atoms with Gasteiger partial charge in [0, 0.05) is 22.1 Å². The molecule has 12 rings (SSSR count). The molecule has 1 aromatic heterocycles. The van der Waals surface area contributed by atoms with E-state index in [4.69, 9.17) is 9.97 Å². The molecule has 1 heterocycles. The Morgan fingerprint density at radius 1 is 0.333 bits per heavy atom. The Balaban J connectivity index is 1.20. The van der Waals surface area contributed by atoms with Gasteiger partial charge in [0.05, 0.1) is 16.8 Å². The second-order valence-corrected chi connectivity index (χ2v) is 16.8. The van der Waals surface area contributed by atoms with Crippen LogP contribution in [0.15, 0.2) is 206 Å². The quantitative estimate of drug-likeness (QED) is 0.167. The number of hydrogen-bond acceptors (Lipinski definition) is 2. The van der Waals surface area contributed by atoms with Crippen molar-refractivity contribution < 1.29 is 0 Å². The first-order chi connectivity index (χ1) is 29.5. The Hall–Kier alpha value is -7.42. The van der Waals surface area contributed by atoms with Crippen molar-refractivity contribution in [1.82, 2.24) is 9.97 Å². The summed E-state index contributed by atoms with van der Waals surface area (Å²) >= 11 is 0. The average molecular weight is 765 g/mol. The van der Waals surface area contributed by atoms with Gasteiger partial charge in [-0.15, -0.1) is 0 Å². The molecule has 9 aromatic carbocycles. The van der Waals surface area contributed by atoms with Crippen LogP contribution >= 0.6 is 0 Å². The van der Waals surface area contributed by atoms with Crippen LogP contribution in [0.1, 0.15) is 47.2 Å². The lowest BCUT2D eigenvalue weighted by Gasteiger charge is -2.46. The Kier molecular flexibility index (Phi) is 7.52. The largest absolute Gasteiger partial charge is 0.228 e. The van der Waals surface area contributed by atoms with E-state index in [0.717, 1.165) is 28.1 Å². The summed E-state index contributed by atoms with van der Waals surface area (Å²) in [4.78, 5) is 10.9. The summed E-state index contributed by atoms with van der Waals surface area (Å²) in [6, 6.07) is 75.5. The van der Waals surface area contributed by atoms with Crippen LogP contribution in [0, 0.1) is 0 Å². The molecule has 0 bridgehead atoms. The molecule has 0 fully saturated rings. The van der Waals surface area contributed by atoms with E-state index in [0.29, 0.717) is 5.82 Å². The lowest BCUT2D eigenvalue weighted by atomic mass is 9.55. The summed E-state index contributed by atoms with van der Waals surface area (Å²) in [7, 11) is 0. The summed E-state index contributed by atoms with van der Waals surface area (Å²) in [6.45, 7) is 4.76. The molecular weight excluding hydrogens is 725 g/mol. The van der Waals surface area contributed by atoms with Gasteiger partial charge in [0.2, 0.25) is 0 Å². The van der Waals surface area contributed by atoms with Gasteiger partial charge in [0.15, 0.2) is 5.82 Å². The minimum atomic E-state index is -0.563. The molecular formula is C58H40N2. The van der Waals surface area contributed by atoms with E-state index in [1.165, 1.54) is 77.2 Å².